The first kappa shape index (κ1) is 19.7. The van der Waals surface area contributed by atoms with Crippen molar-refractivity contribution in [3.63, 3.8) is 0 Å². The van der Waals surface area contributed by atoms with Gasteiger partial charge >= 0.3 is 0 Å². The van der Waals surface area contributed by atoms with E-state index in [2.05, 4.69) is 48.3 Å². The molecule has 3 fully saturated rings. The molecule has 0 spiro atoms. The van der Waals surface area contributed by atoms with Crippen LogP contribution in [0.3, 0.4) is 0 Å². The Morgan fingerprint density at radius 3 is 2.33 bits per heavy atom. The molecule has 4 rings (SSSR count). The van der Waals surface area contributed by atoms with Crippen LogP contribution in [0, 0.1) is 0 Å². The average molecular weight is 373 g/mol. The van der Waals surface area contributed by atoms with Crippen LogP contribution in [0.1, 0.15) is 52.4 Å². The number of piperazine rings is 1. The third-order valence-electron chi connectivity index (χ3n) is 5.27. The van der Waals surface area contributed by atoms with Crippen molar-refractivity contribution in [1.29, 1.82) is 0 Å². The van der Waals surface area contributed by atoms with Gasteiger partial charge in [0.1, 0.15) is 5.75 Å². The van der Waals surface area contributed by atoms with Crippen molar-refractivity contribution in [3.05, 3.63) is 24.3 Å². The topological polar surface area (TPSA) is 24.5 Å². The zero-order chi connectivity index (χ0) is 15.2. The standard InChI is InChI=1S/C19H28N2O.2ClH/c1-19(2)13-21(18-6-4-3-5-17(18)20-19)14-7-9-15(10-8-14)22-16-11-12-16;;/h7-10,16-18,20H,3-6,11-13H2,1-2H3;2*1H/t17-,18-;;/m1../s1. The van der Waals surface area contributed by atoms with Crippen LogP contribution in [0.5, 0.6) is 5.75 Å². The highest BCUT2D eigenvalue weighted by molar-refractivity contribution is 5.85. The van der Waals surface area contributed by atoms with Gasteiger partial charge in [0.05, 0.1) is 6.10 Å². The molecule has 24 heavy (non-hydrogen) atoms. The lowest BCUT2D eigenvalue weighted by Crippen LogP contribution is -2.67. The third-order valence-corrected chi connectivity index (χ3v) is 5.27. The fraction of sp³-hybridized carbons (Fsp3) is 0.684. The number of anilines is 1. The van der Waals surface area contributed by atoms with E-state index >= 15 is 0 Å². The number of fused-ring (bicyclic) bond motifs is 1. The number of nitrogens with zero attached hydrogens (tertiary/aromatic N) is 1. The minimum absolute atomic E-state index is 0. The van der Waals surface area contributed by atoms with Crippen LogP contribution in [-0.4, -0.2) is 30.3 Å². The number of halogens is 2. The van der Waals surface area contributed by atoms with Gasteiger partial charge in [0.2, 0.25) is 0 Å². The lowest BCUT2D eigenvalue weighted by Gasteiger charge is -2.52. The van der Waals surface area contributed by atoms with E-state index < -0.39 is 0 Å². The maximum Gasteiger partial charge on any atom is 0.119 e. The average Bonchev–Trinajstić information content (AvgIpc) is 3.30. The van der Waals surface area contributed by atoms with Crippen LogP contribution in [0.25, 0.3) is 0 Å². The highest BCUT2D eigenvalue weighted by Gasteiger charge is 2.40. The summed E-state index contributed by atoms with van der Waals surface area (Å²) in [5, 5.41) is 3.87. The van der Waals surface area contributed by atoms with Gasteiger partial charge in [-0.1, -0.05) is 12.8 Å². The molecule has 0 amide bonds. The van der Waals surface area contributed by atoms with Crippen molar-refractivity contribution < 1.29 is 4.74 Å². The zero-order valence-corrected chi connectivity index (χ0v) is 16.3. The summed E-state index contributed by atoms with van der Waals surface area (Å²) < 4.78 is 5.88. The number of hydrogen-bond acceptors (Lipinski definition) is 3. The molecule has 1 N–H and O–H groups in total. The Hall–Kier alpha value is -0.640. The molecule has 2 aliphatic carbocycles. The van der Waals surface area contributed by atoms with E-state index in [-0.39, 0.29) is 30.4 Å². The Balaban J connectivity index is 0.00000104. The molecular weight excluding hydrogens is 343 g/mol. The molecule has 2 saturated carbocycles. The molecule has 1 heterocycles. The van der Waals surface area contributed by atoms with Gasteiger partial charge in [-0.2, -0.15) is 0 Å². The molecule has 136 valence electrons. The number of nitrogens with one attached hydrogen (secondary N) is 1. The molecular formula is C19H30Cl2N2O. The highest BCUT2D eigenvalue weighted by atomic mass is 35.5. The Morgan fingerprint density at radius 1 is 1.00 bits per heavy atom. The van der Waals surface area contributed by atoms with Crippen LogP contribution in [-0.2, 0) is 0 Å². The van der Waals surface area contributed by atoms with Gasteiger partial charge in [0, 0.05) is 29.9 Å². The predicted octanol–water partition coefficient (Wildman–Crippen LogP) is 4.57. The minimum Gasteiger partial charge on any atom is -0.490 e. The van der Waals surface area contributed by atoms with Crippen LogP contribution in [0.15, 0.2) is 24.3 Å². The van der Waals surface area contributed by atoms with Gasteiger partial charge in [0.25, 0.3) is 0 Å². The molecule has 0 aromatic heterocycles. The lowest BCUT2D eigenvalue weighted by molar-refractivity contribution is 0.199. The summed E-state index contributed by atoms with van der Waals surface area (Å²) in [5.41, 5.74) is 1.54. The Labute approximate surface area is 158 Å². The fourth-order valence-electron chi connectivity index (χ4n) is 4.12. The summed E-state index contributed by atoms with van der Waals surface area (Å²) >= 11 is 0. The van der Waals surface area contributed by atoms with Crippen molar-refractivity contribution >= 4 is 30.5 Å². The number of ether oxygens (including phenoxy) is 1. The fourth-order valence-corrected chi connectivity index (χ4v) is 4.12. The Bertz CT molecular complexity index is 531. The van der Waals surface area contributed by atoms with E-state index in [1.807, 2.05) is 0 Å². The number of benzene rings is 1. The zero-order valence-electron chi connectivity index (χ0n) is 14.7. The van der Waals surface area contributed by atoms with Crippen molar-refractivity contribution in [3.8, 4) is 5.75 Å². The molecule has 3 nitrogen and oxygen atoms in total. The molecule has 0 bridgehead atoms. The summed E-state index contributed by atoms with van der Waals surface area (Å²) in [6, 6.07) is 10.1. The lowest BCUT2D eigenvalue weighted by atomic mass is 9.83. The third kappa shape index (κ3) is 4.30. The maximum absolute atomic E-state index is 5.88. The van der Waals surface area contributed by atoms with Crippen molar-refractivity contribution in [1.82, 2.24) is 5.32 Å². The van der Waals surface area contributed by atoms with Crippen LogP contribution in [0.2, 0.25) is 0 Å². The van der Waals surface area contributed by atoms with E-state index in [1.54, 1.807) is 0 Å². The van der Waals surface area contributed by atoms with Gasteiger partial charge in [-0.15, -0.1) is 24.8 Å². The van der Waals surface area contributed by atoms with Gasteiger partial charge in [-0.3, -0.25) is 0 Å². The molecule has 1 aromatic rings. The normalized spacial score (nSPS) is 28.2. The summed E-state index contributed by atoms with van der Waals surface area (Å²) in [6.45, 7) is 5.74. The second-order valence-electron chi connectivity index (χ2n) is 7.93. The SMILES string of the molecule is CC1(C)CN(c2ccc(OC3CC3)cc2)[C@@H]2CCCC[C@H]2N1.Cl.Cl. The summed E-state index contributed by atoms with van der Waals surface area (Å²) in [4.78, 5) is 2.64. The monoisotopic (exact) mass is 372 g/mol. The first-order chi connectivity index (χ1) is 10.6. The van der Waals surface area contributed by atoms with Gasteiger partial charge in [0.15, 0.2) is 0 Å². The van der Waals surface area contributed by atoms with Gasteiger partial charge in [-0.05, 0) is 63.8 Å². The van der Waals surface area contributed by atoms with E-state index in [9.17, 15) is 0 Å². The molecule has 0 unspecified atom stereocenters. The number of rotatable bonds is 3. The molecule has 3 aliphatic rings. The van der Waals surface area contributed by atoms with Crippen molar-refractivity contribution in [2.45, 2.75) is 76.1 Å². The summed E-state index contributed by atoms with van der Waals surface area (Å²) in [7, 11) is 0. The molecule has 0 radical (unpaired) electrons. The largest absolute Gasteiger partial charge is 0.490 e. The highest BCUT2D eigenvalue weighted by Crippen LogP contribution is 2.35. The van der Waals surface area contributed by atoms with Crippen LogP contribution in [0.4, 0.5) is 5.69 Å². The van der Waals surface area contributed by atoms with E-state index in [4.69, 9.17) is 4.74 Å². The second-order valence-corrected chi connectivity index (χ2v) is 7.93. The summed E-state index contributed by atoms with van der Waals surface area (Å²) in [6.07, 6.45) is 8.28. The molecule has 2 atom stereocenters. The van der Waals surface area contributed by atoms with Gasteiger partial charge < -0.3 is 15.0 Å². The van der Waals surface area contributed by atoms with Crippen molar-refractivity contribution in [2.24, 2.45) is 0 Å². The maximum atomic E-state index is 5.88. The molecule has 1 aliphatic heterocycles. The van der Waals surface area contributed by atoms with E-state index in [0.717, 1.165) is 12.3 Å². The minimum atomic E-state index is 0. The van der Waals surface area contributed by atoms with E-state index in [1.165, 1.54) is 44.2 Å². The molecule has 5 heteroatoms. The smallest absolute Gasteiger partial charge is 0.119 e. The first-order valence-electron chi connectivity index (χ1n) is 8.92. The quantitative estimate of drug-likeness (QED) is 0.840. The first-order valence-corrected chi connectivity index (χ1v) is 8.92. The summed E-state index contributed by atoms with van der Waals surface area (Å²) in [5.74, 6) is 1.03. The number of hydrogen-bond donors (Lipinski definition) is 1. The van der Waals surface area contributed by atoms with Crippen LogP contribution >= 0.6 is 24.8 Å². The van der Waals surface area contributed by atoms with Gasteiger partial charge in [-0.25, -0.2) is 0 Å². The van der Waals surface area contributed by atoms with Crippen molar-refractivity contribution in [2.75, 3.05) is 11.4 Å². The Kier molecular flexibility index (Phi) is 6.33. The van der Waals surface area contributed by atoms with E-state index in [0.29, 0.717) is 18.2 Å². The second kappa shape index (κ2) is 7.72. The molecule has 1 aromatic carbocycles. The van der Waals surface area contributed by atoms with Crippen LogP contribution < -0.4 is 15.0 Å². The molecule has 1 saturated heterocycles. The Morgan fingerprint density at radius 2 is 1.67 bits per heavy atom. The predicted molar refractivity (Wildman–Crippen MR) is 105 cm³/mol.